The Morgan fingerprint density at radius 1 is 1.16 bits per heavy atom. The second kappa shape index (κ2) is 12.3. The van der Waals surface area contributed by atoms with Gasteiger partial charge in [0.05, 0.1) is 0 Å². The van der Waals surface area contributed by atoms with Crippen LogP contribution in [0.5, 0.6) is 0 Å². The summed E-state index contributed by atoms with van der Waals surface area (Å²) in [4.78, 5) is 53.6. The van der Waals surface area contributed by atoms with E-state index in [1.54, 1.807) is 37.8 Å². The Labute approximate surface area is 220 Å². The summed E-state index contributed by atoms with van der Waals surface area (Å²) in [5.74, 6) is -1.39. The van der Waals surface area contributed by atoms with Crippen molar-refractivity contribution in [2.75, 3.05) is 0 Å². The van der Waals surface area contributed by atoms with Crippen LogP contribution in [0.1, 0.15) is 90.8 Å². The van der Waals surface area contributed by atoms with E-state index in [0.717, 1.165) is 24.8 Å². The van der Waals surface area contributed by atoms with Crippen molar-refractivity contribution in [3.05, 3.63) is 42.0 Å². The smallest absolute Gasteiger partial charge is 0.408 e. The highest BCUT2D eigenvalue weighted by Crippen LogP contribution is 2.34. The highest BCUT2D eigenvalue weighted by Gasteiger charge is 2.42. The van der Waals surface area contributed by atoms with Gasteiger partial charge in [0, 0.05) is 18.0 Å². The van der Waals surface area contributed by atoms with E-state index in [2.05, 4.69) is 17.2 Å². The lowest BCUT2D eigenvalue weighted by atomic mass is 9.87. The number of carbonyl (C=O) groups is 4. The van der Waals surface area contributed by atoms with Gasteiger partial charge in [0.15, 0.2) is 0 Å². The van der Waals surface area contributed by atoms with Crippen molar-refractivity contribution < 1.29 is 23.9 Å². The highest BCUT2D eigenvalue weighted by atomic mass is 16.6. The lowest BCUT2D eigenvalue weighted by Crippen LogP contribution is -2.58. The van der Waals surface area contributed by atoms with E-state index < -0.39 is 41.1 Å². The van der Waals surface area contributed by atoms with Gasteiger partial charge >= 0.3 is 6.09 Å². The number of hydrogen-bond acceptors (Lipinski definition) is 5. The molecular formula is C28H42N4O5. The lowest BCUT2D eigenvalue weighted by Gasteiger charge is -2.44. The minimum Gasteiger partial charge on any atom is -0.444 e. The third kappa shape index (κ3) is 9.22. The summed E-state index contributed by atoms with van der Waals surface area (Å²) in [5.41, 5.74) is 5.48. The van der Waals surface area contributed by atoms with Gasteiger partial charge in [-0.2, -0.15) is 0 Å². The van der Waals surface area contributed by atoms with Gasteiger partial charge in [-0.3, -0.25) is 14.4 Å². The van der Waals surface area contributed by atoms with E-state index in [4.69, 9.17) is 10.5 Å². The number of nitrogens with zero attached hydrogens (tertiary/aromatic N) is 1. The van der Waals surface area contributed by atoms with Gasteiger partial charge in [0.2, 0.25) is 17.7 Å². The zero-order valence-corrected chi connectivity index (χ0v) is 22.9. The lowest BCUT2D eigenvalue weighted by molar-refractivity contribution is -0.148. The zero-order chi connectivity index (χ0) is 28.0. The van der Waals surface area contributed by atoms with Crippen molar-refractivity contribution >= 4 is 29.9 Å². The van der Waals surface area contributed by atoms with Crippen molar-refractivity contribution in [1.29, 1.82) is 0 Å². The Morgan fingerprint density at radius 3 is 2.30 bits per heavy atom. The molecular weight excluding hydrogens is 472 g/mol. The predicted molar refractivity (Wildman–Crippen MR) is 143 cm³/mol. The third-order valence-corrected chi connectivity index (χ3v) is 5.88. The Morgan fingerprint density at radius 2 is 1.81 bits per heavy atom. The van der Waals surface area contributed by atoms with Crippen LogP contribution in [0.3, 0.4) is 0 Å². The van der Waals surface area contributed by atoms with Crippen LogP contribution in [0.2, 0.25) is 0 Å². The SMILES string of the molecule is C=Cc1cccc(C(C(=O)NC(C)(C)C)N(C(=O)C(CCC(N)=O)NC(=O)OC(C)(C)C)C2CCC2)c1. The van der Waals surface area contributed by atoms with Gasteiger partial charge in [-0.25, -0.2) is 4.79 Å². The van der Waals surface area contributed by atoms with Gasteiger partial charge in [-0.15, -0.1) is 0 Å². The second-order valence-electron chi connectivity index (χ2n) is 11.6. The maximum Gasteiger partial charge on any atom is 0.408 e. The number of alkyl carbamates (subject to hydrolysis) is 1. The second-order valence-corrected chi connectivity index (χ2v) is 11.6. The fraction of sp³-hybridized carbons (Fsp3) is 0.571. The number of nitrogens with one attached hydrogen (secondary N) is 2. The van der Waals surface area contributed by atoms with Crippen molar-refractivity contribution in [3.63, 3.8) is 0 Å². The topological polar surface area (TPSA) is 131 Å². The van der Waals surface area contributed by atoms with Crippen LogP contribution in [-0.4, -0.2) is 51.9 Å². The molecule has 0 aliphatic heterocycles. The molecule has 37 heavy (non-hydrogen) atoms. The summed E-state index contributed by atoms with van der Waals surface area (Å²) in [5, 5.41) is 5.63. The van der Waals surface area contributed by atoms with Gasteiger partial charge in [0.1, 0.15) is 17.7 Å². The van der Waals surface area contributed by atoms with E-state index in [0.29, 0.717) is 5.56 Å². The molecule has 0 spiro atoms. The molecule has 1 aliphatic rings. The Hall–Kier alpha value is -3.36. The highest BCUT2D eigenvalue weighted by molar-refractivity contribution is 5.93. The molecule has 0 radical (unpaired) electrons. The molecule has 1 aromatic carbocycles. The molecule has 0 heterocycles. The minimum atomic E-state index is -1.10. The van der Waals surface area contributed by atoms with E-state index in [1.807, 2.05) is 39.0 Å². The van der Waals surface area contributed by atoms with Crippen LogP contribution in [0.4, 0.5) is 4.79 Å². The number of benzene rings is 1. The Bertz CT molecular complexity index is 1000. The zero-order valence-electron chi connectivity index (χ0n) is 22.9. The van der Waals surface area contributed by atoms with E-state index in [9.17, 15) is 19.2 Å². The first-order chi connectivity index (χ1) is 17.1. The number of carbonyl (C=O) groups excluding carboxylic acids is 4. The standard InChI is InChI=1S/C28H42N4O5/c1-8-18-11-9-12-19(17-18)23(24(34)31-27(2,3)4)32(20-13-10-14-20)25(35)21(15-16-22(29)33)30-26(36)37-28(5,6)7/h8-9,11-12,17,20-21,23H,1,10,13-16H2,2-7H3,(H2,29,33)(H,30,36)(H,31,34). The van der Waals surface area contributed by atoms with Crippen molar-refractivity contribution in [1.82, 2.24) is 15.5 Å². The molecule has 4 amide bonds. The van der Waals surface area contributed by atoms with Crippen molar-refractivity contribution in [2.45, 2.75) is 103 Å². The Kier molecular flexibility index (Phi) is 9.89. The van der Waals surface area contributed by atoms with Crippen LogP contribution >= 0.6 is 0 Å². The summed E-state index contributed by atoms with van der Waals surface area (Å²) < 4.78 is 5.37. The molecule has 9 heteroatoms. The summed E-state index contributed by atoms with van der Waals surface area (Å²) >= 11 is 0. The number of hydrogen-bond donors (Lipinski definition) is 3. The Balaban J connectivity index is 2.54. The van der Waals surface area contributed by atoms with Gasteiger partial charge in [0.25, 0.3) is 0 Å². The predicted octanol–water partition coefficient (Wildman–Crippen LogP) is 3.83. The molecule has 204 valence electrons. The molecule has 0 bridgehead atoms. The summed E-state index contributed by atoms with van der Waals surface area (Å²) in [6.07, 6.45) is 3.13. The molecule has 9 nitrogen and oxygen atoms in total. The summed E-state index contributed by atoms with van der Waals surface area (Å²) in [6, 6.07) is 5.06. The first kappa shape index (κ1) is 29.9. The third-order valence-electron chi connectivity index (χ3n) is 5.88. The molecule has 1 aromatic rings. The maximum atomic E-state index is 14.1. The van der Waals surface area contributed by atoms with Gasteiger partial charge < -0.3 is 26.0 Å². The van der Waals surface area contributed by atoms with E-state index in [-0.39, 0.29) is 24.8 Å². The number of nitrogens with two attached hydrogens (primary N) is 1. The number of primary amides is 1. The molecule has 2 unspecified atom stereocenters. The van der Waals surface area contributed by atoms with Crippen LogP contribution in [0.25, 0.3) is 6.08 Å². The molecule has 2 atom stereocenters. The van der Waals surface area contributed by atoms with Gasteiger partial charge in [-0.05, 0) is 84.4 Å². The average molecular weight is 515 g/mol. The number of amides is 4. The monoisotopic (exact) mass is 514 g/mol. The normalized spacial score (nSPS) is 15.5. The largest absolute Gasteiger partial charge is 0.444 e. The average Bonchev–Trinajstić information content (AvgIpc) is 2.72. The molecule has 1 aliphatic carbocycles. The maximum absolute atomic E-state index is 14.1. The molecule has 0 aromatic heterocycles. The van der Waals surface area contributed by atoms with Gasteiger partial charge in [-0.1, -0.05) is 30.9 Å². The van der Waals surface area contributed by atoms with Crippen molar-refractivity contribution in [3.8, 4) is 0 Å². The fourth-order valence-electron chi connectivity index (χ4n) is 4.09. The molecule has 2 rings (SSSR count). The minimum absolute atomic E-state index is 0.0169. The van der Waals surface area contributed by atoms with Crippen LogP contribution < -0.4 is 16.4 Å². The number of rotatable bonds is 10. The van der Waals surface area contributed by atoms with Crippen molar-refractivity contribution in [2.24, 2.45) is 5.73 Å². The molecule has 0 saturated heterocycles. The van der Waals surface area contributed by atoms with E-state index >= 15 is 0 Å². The summed E-state index contributed by atoms with van der Waals surface area (Å²) in [7, 11) is 0. The summed E-state index contributed by atoms with van der Waals surface area (Å²) in [6.45, 7) is 14.6. The molecule has 1 saturated carbocycles. The van der Waals surface area contributed by atoms with Crippen LogP contribution in [0.15, 0.2) is 30.8 Å². The van der Waals surface area contributed by atoms with E-state index in [1.165, 1.54) is 0 Å². The fourth-order valence-corrected chi connectivity index (χ4v) is 4.09. The molecule has 1 fully saturated rings. The molecule has 4 N–H and O–H groups in total. The first-order valence-electron chi connectivity index (χ1n) is 12.8. The van der Waals surface area contributed by atoms with Crippen LogP contribution in [0, 0.1) is 0 Å². The first-order valence-corrected chi connectivity index (χ1v) is 12.8. The quantitative estimate of drug-likeness (QED) is 0.437. The number of ether oxygens (including phenoxy) is 1. The van der Waals surface area contributed by atoms with Crippen LogP contribution in [-0.2, 0) is 19.1 Å².